The first-order valence-electron chi connectivity index (χ1n) is 3.24. The molecule has 0 N–H and O–H groups in total. The monoisotopic (exact) mass is 246 g/mol. The van der Waals surface area contributed by atoms with E-state index in [4.69, 9.17) is 11.6 Å². The fourth-order valence-electron chi connectivity index (χ4n) is 0.729. The van der Waals surface area contributed by atoms with Gasteiger partial charge in [0.15, 0.2) is 5.82 Å². The Morgan fingerprint density at radius 1 is 1.50 bits per heavy atom. The number of hydrogen-bond donors (Lipinski definition) is 0. The van der Waals surface area contributed by atoms with E-state index in [9.17, 15) is 4.39 Å². The molecule has 1 rings (SSSR count). The highest BCUT2D eigenvalue weighted by atomic mass is 79.9. The summed E-state index contributed by atoms with van der Waals surface area (Å²) in [5.41, 5.74) is 0.335. The summed E-state index contributed by atoms with van der Waals surface area (Å²) >= 11 is 8.66. The zero-order valence-electron chi connectivity index (χ0n) is 6.07. The molecule has 0 unspecified atom stereocenters. The fraction of sp³-hybridized carbons (Fsp3) is 0.111. The number of benzene rings is 1. The Morgan fingerprint density at radius 2 is 2.25 bits per heavy atom. The lowest BCUT2D eigenvalue weighted by Gasteiger charge is -1.94. The average molecular weight is 247 g/mol. The highest BCUT2D eigenvalue weighted by molar-refractivity contribution is 9.09. The fourth-order valence-corrected chi connectivity index (χ4v) is 1.04. The molecule has 0 bridgehead atoms. The van der Waals surface area contributed by atoms with Crippen molar-refractivity contribution in [1.29, 1.82) is 0 Å². The van der Waals surface area contributed by atoms with Gasteiger partial charge in [0.25, 0.3) is 0 Å². The van der Waals surface area contributed by atoms with Gasteiger partial charge < -0.3 is 0 Å². The number of halogens is 3. The van der Waals surface area contributed by atoms with Gasteiger partial charge in [-0.1, -0.05) is 45.4 Å². The van der Waals surface area contributed by atoms with Gasteiger partial charge in [0.1, 0.15) is 0 Å². The van der Waals surface area contributed by atoms with E-state index < -0.39 is 5.82 Å². The maximum absolute atomic E-state index is 13.1. The second-order valence-electron chi connectivity index (χ2n) is 2.04. The van der Waals surface area contributed by atoms with Crippen LogP contribution >= 0.6 is 27.5 Å². The van der Waals surface area contributed by atoms with Crippen molar-refractivity contribution in [3.63, 3.8) is 0 Å². The molecule has 3 heteroatoms. The Balaban J connectivity index is 3.08. The smallest absolute Gasteiger partial charge is 0.157 e. The molecule has 0 aliphatic carbocycles. The summed E-state index contributed by atoms with van der Waals surface area (Å²) in [5.74, 6) is 4.90. The third-order valence-electron chi connectivity index (χ3n) is 1.24. The van der Waals surface area contributed by atoms with Crippen LogP contribution in [-0.4, -0.2) is 5.33 Å². The van der Waals surface area contributed by atoms with Gasteiger partial charge >= 0.3 is 0 Å². The van der Waals surface area contributed by atoms with Gasteiger partial charge in [0, 0.05) is 0 Å². The lowest BCUT2D eigenvalue weighted by atomic mass is 10.2. The predicted molar refractivity (Wildman–Crippen MR) is 52.1 cm³/mol. The van der Waals surface area contributed by atoms with Crippen molar-refractivity contribution in [2.75, 3.05) is 5.33 Å². The average Bonchev–Trinajstić information content (AvgIpc) is 2.08. The summed E-state index contributed by atoms with van der Waals surface area (Å²) in [6, 6.07) is 4.76. The van der Waals surface area contributed by atoms with Crippen molar-refractivity contribution < 1.29 is 4.39 Å². The van der Waals surface area contributed by atoms with Crippen molar-refractivity contribution in [3.05, 3.63) is 34.6 Å². The van der Waals surface area contributed by atoms with Crippen molar-refractivity contribution >= 4 is 27.5 Å². The van der Waals surface area contributed by atoms with Gasteiger partial charge in [-0.05, 0) is 12.1 Å². The first-order valence-corrected chi connectivity index (χ1v) is 4.74. The quantitative estimate of drug-likeness (QED) is 0.488. The van der Waals surface area contributed by atoms with Crippen molar-refractivity contribution in [3.8, 4) is 11.8 Å². The molecule has 0 saturated carbocycles. The van der Waals surface area contributed by atoms with E-state index in [1.54, 1.807) is 12.1 Å². The van der Waals surface area contributed by atoms with E-state index in [-0.39, 0.29) is 5.02 Å². The Kier molecular flexibility index (Phi) is 3.58. The standard InChI is InChI=1S/C9H5BrClF/c10-6-2-4-7-3-1-5-8(11)9(7)12/h1,3,5H,6H2. The molecule has 62 valence electrons. The van der Waals surface area contributed by atoms with Gasteiger partial charge in [-0.25, -0.2) is 4.39 Å². The van der Waals surface area contributed by atoms with Crippen LogP contribution in [0.4, 0.5) is 4.39 Å². The Bertz CT molecular complexity index is 338. The van der Waals surface area contributed by atoms with E-state index in [1.807, 2.05) is 0 Å². The molecule has 0 saturated heterocycles. The van der Waals surface area contributed by atoms with Crippen LogP contribution in [0.5, 0.6) is 0 Å². The minimum Gasteiger partial charge on any atom is -0.204 e. The van der Waals surface area contributed by atoms with Crippen LogP contribution in [0.1, 0.15) is 5.56 Å². The van der Waals surface area contributed by atoms with Crippen LogP contribution in [0, 0.1) is 17.7 Å². The summed E-state index contributed by atoms with van der Waals surface area (Å²) in [6.07, 6.45) is 0. The van der Waals surface area contributed by atoms with Gasteiger partial charge in [0.2, 0.25) is 0 Å². The summed E-state index contributed by atoms with van der Waals surface area (Å²) in [6.45, 7) is 0. The Labute approximate surface area is 83.9 Å². The zero-order valence-corrected chi connectivity index (χ0v) is 8.41. The maximum Gasteiger partial charge on any atom is 0.157 e. The first kappa shape index (κ1) is 9.57. The largest absolute Gasteiger partial charge is 0.204 e. The van der Waals surface area contributed by atoms with Crippen LogP contribution in [-0.2, 0) is 0 Å². The topological polar surface area (TPSA) is 0 Å². The van der Waals surface area contributed by atoms with E-state index >= 15 is 0 Å². The molecule has 1 aromatic carbocycles. The van der Waals surface area contributed by atoms with E-state index in [0.717, 1.165) is 0 Å². The molecule has 0 aliphatic rings. The molecule has 0 aromatic heterocycles. The Morgan fingerprint density at radius 3 is 2.92 bits per heavy atom. The third-order valence-corrected chi connectivity index (χ3v) is 1.81. The molecule has 12 heavy (non-hydrogen) atoms. The van der Waals surface area contributed by atoms with Crippen molar-refractivity contribution in [2.24, 2.45) is 0 Å². The summed E-state index contributed by atoms with van der Waals surface area (Å²) in [5, 5.41) is 0.634. The zero-order chi connectivity index (χ0) is 8.97. The molecule has 0 amide bonds. The van der Waals surface area contributed by atoms with Crippen molar-refractivity contribution in [1.82, 2.24) is 0 Å². The molecular weight excluding hydrogens is 242 g/mol. The van der Waals surface area contributed by atoms with E-state index in [1.165, 1.54) is 6.07 Å². The minimum absolute atomic E-state index is 0.108. The number of alkyl halides is 1. The van der Waals surface area contributed by atoms with Gasteiger partial charge in [-0.15, -0.1) is 0 Å². The molecule has 0 radical (unpaired) electrons. The molecule has 0 spiro atoms. The van der Waals surface area contributed by atoms with Crippen LogP contribution in [0.3, 0.4) is 0 Å². The van der Waals surface area contributed by atoms with Gasteiger partial charge in [-0.3, -0.25) is 0 Å². The maximum atomic E-state index is 13.1. The second-order valence-corrected chi connectivity index (χ2v) is 3.00. The van der Waals surface area contributed by atoms with E-state index in [2.05, 4.69) is 27.8 Å². The molecule has 0 aliphatic heterocycles. The molecule has 0 nitrogen and oxygen atoms in total. The normalized spacial score (nSPS) is 8.92. The van der Waals surface area contributed by atoms with Crippen molar-refractivity contribution in [2.45, 2.75) is 0 Å². The first-order chi connectivity index (χ1) is 5.75. The lowest BCUT2D eigenvalue weighted by molar-refractivity contribution is 0.625. The van der Waals surface area contributed by atoms with Crippen LogP contribution in [0.2, 0.25) is 5.02 Å². The van der Waals surface area contributed by atoms with E-state index in [0.29, 0.717) is 10.9 Å². The SMILES string of the molecule is Fc1c(Cl)cccc1C#CCBr. The van der Waals surface area contributed by atoms with Crippen LogP contribution in [0.25, 0.3) is 0 Å². The number of rotatable bonds is 0. The Hall–Kier alpha value is -0.520. The summed E-state index contributed by atoms with van der Waals surface area (Å²) in [7, 11) is 0. The lowest BCUT2D eigenvalue weighted by Crippen LogP contribution is -1.83. The highest BCUT2D eigenvalue weighted by Crippen LogP contribution is 2.16. The van der Waals surface area contributed by atoms with Crippen LogP contribution < -0.4 is 0 Å². The molecule has 0 fully saturated rings. The molecular formula is C9H5BrClF. The summed E-state index contributed by atoms with van der Waals surface area (Å²) < 4.78 is 13.1. The minimum atomic E-state index is -0.451. The molecule has 0 heterocycles. The highest BCUT2D eigenvalue weighted by Gasteiger charge is 2.01. The van der Waals surface area contributed by atoms with Gasteiger partial charge in [-0.2, -0.15) is 0 Å². The second kappa shape index (κ2) is 4.49. The molecule has 0 atom stereocenters. The number of hydrogen-bond acceptors (Lipinski definition) is 0. The van der Waals surface area contributed by atoms with Crippen LogP contribution in [0.15, 0.2) is 18.2 Å². The third kappa shape index (κ3) is 2.23. The summed E-state index contributed by atoms with van der Waals surface area (Å²) in [4.78, 5) is 0. The molecule has 1 aromatic rings. The predicted octanol–water partition coefficient (Wildman–Crippen LogP) is 3.23. The van der Waals surface area contributed by atoms with Gasteiger partial charge in [0.05, 0.1) is 15.9 Å².